The summed E-state index contributed by atoms with van der Waals surface area (Å²) in [6.07, 6.45) is 6.24. The molecule has 2 rings (SSSR count). The SMILES string of the molecule is CC(F)(c1ccc(C=O)cc1)C1CCCCC1. The smallest absolute Gasteiger partial charge is 0.150 e. The van der Waals surface area contributed by atoms with Crippen molar-refractivity contribution in [3.63, 3.8) is 0 Å². The molecule has 0 amide bonds. The van der Waals surface area contributed by atoms with Gasteiger partial charge in [-0.15, -0.1) is 0 Å². The maximum absolute atomic E-state index is 14.9. The van der Waals surface area contributed by atoms with Crippen LogP contribution in [0.4, 0.5) is 4.39 Å². The minimum absolute atomic E-state index is 0.123. The first kappa shape index (κ1) is 12.3. The highest BCUT2D eigenvalue weighted by atomic mass is 19.1. The largest absolute Gasteiger partial charge is 0.298 e. The van der Waals surface area contributed by atoms with E-state index in [-0.39, 0.29) is 5.92 Å². The Hall–Kier alpha value is -1.18. The van der Waals surface area contributed by atoms with Gasteiger partial charge in [-0.3, -0.25) is 4.79 Å². The molecule has 0 N–H and O–H groups in total. The van der Waals surface area contributed by atoms with Crippen LogP contribution in [0.15, 0.2) is 24.3 Å². The number of carbonyl (C=O) groups is 1. The van der Waals surface area contributed by atoms with Crippen LogP contribution in [0, 0.1) is 5.92 Å². The summed E-state index contributed by atoms with van der Waals surface area (Å²) in [5, 5.41) is 0. The van der Waals surface area contributed by atoms with Gasteiger partial charge in [0.2, 0.25) is 0 Å². The van der Waals surface area contributed by atoms with Crippen molar-refractivity contribution in [2.45, 2.75) is 44.7 Å². The molecular weight excluding hydrogens is 215 g/mol. The van der Waals surface area contributed by atoms with Crippen LogP contribution in [0.5, 0.6) is 0 Å². The number of halogens is 1. The van der Waals surface area contributed by atoms with E-state index >= 15 is 0 Å². The molecule has 1 saturated carbocycles. The molecule has 0 saturated heterocycles. The third-order valence-corrected chi connectivity index (χ3v) is 3.98. The van der Waals surface area contributed by atoms with Gasteiger partial charge >= 0.3 is 0 Å². The van der Waals surface area contributed by atoms with Crippen molar-refractivity contribution in [1.29, 1.82) is 0 Å². The van der Waals surface area contributed by atoms with Crippen LogP contribution in [-0.4, -0.2) is 6.29 Å². The van der Waals surface area contributed by atoms with Crippen molar-refractivity contribution in [2.75, 3.05) is 0 Å². The molecule has 1 fully saturated rings. The van der Waals surface area contributed by atoms with Gasteiger partial charge in [0, 0.05) is 5.56 Å². The minimum Gasteiger partial charge on any atom is -0.298 e. The summed E-state index contributed by atoms with van der Waals surface area (Å²) in [5.74, 6) is 0.123. The van der Waals surface area contributed by atoms with Crippen molar-refractivity contribution in [2.24, 2.45) is 5.92 Å². The Labute approximate surface area is 102 Å². The van der Waals surface area contributed by atoms with Crippen molar-refractivity contribution in [3.8, 4) is 0 Å². The fraction of sp³-hybridized carbons (Fsp3) is 0.533. The second-order valence-electron chi connectivity index (χ2n) is 5.15. The number of aldehydes is 1. The minimum atomic E-state index is -1.26. The Bertz CT molecular complexity index is 374. The van der Waals surface area contributed by atoms with Gasteiger partial charge in [-0.2, -0.15) is 0 Å². The van der Waals surface area contributed by atoms with Gasteiger partial charge in [-0.05, 0) is 31.2 Å². The van der Waals surface area contributed by atoms with Crippen LogP contribution in [-0.2, 0) is 5.67 Å². The summed E-state index contributed by atoms with van der Waals surface area (Å²) in [7, 11) is 0. The predicted octanol–water partition coefficient (Wildman–Crippen LogP) is 4.26. The zero-order valence-electron chi connectivity index (χ0n) is 10.3. The van der Waals surface area contributed by atoms with Crippen molar-refractivity contribution >= 4 is 6.29 Å². The van der Waals surface area contributed by atoms with E-state index in [0.717, 1.165) is 32.0 Å². The average molecular weight is 234 g/mol. The van der Waals surface area contributed by atoms with Crippen LogP contribution in [0.1, 0.15) is 54.9 Å². The van der Waals surface area contributed by atoms with E-state index in [4.69, 9.17) is 0 Å². The summed E-state index contributed by atoms with van der Waals surface area (Å²) in [6.45, 7) is 1.68. The number of hydrogen-bond donors (Lipinski definition) is 0. The molecule has 1 aliphatic rings. The van der Waals surface area contributed by atoms with Crippen molar-refractivity contribution in [1.82, 2.24) is 0 Å². The summed E-state index contributed by atoms with van der Waals surface area (Å²) >= 11 is 0. The highest BCUT2D eigenvalue weighted by Crippen LogP contribution is 2.41. The third-order valence-electron chi connectivity index (χ3n) is 3.98. The fourth-order valence-corrected chi connectivity index (χ4v) is 2.77. The molecule has 1 unspecified atom stereocenters. The lowest BCUT2D eigenvalue weighted by atomic mass is 9.75. The van der Waals surface area contributed by atoms with E-state index in [1.807, 2.05) is 0 Å². The monoisotopic (exact) mass is 234 g/mol. The van der Waals surface area contributed by atoms with E-state index in [0.29, 0.717) is 11.1 Å². The molecular formula is C15H19FO. The van der Waals surface area contributed by atoms with Crippen LogP contribution in [0.25, 0.3) is 0 Å². The van der Waals surface area contributed by atoms with Gasteiger partial charge in [-0.25, -0.2) is 4.39 Å². The molecule has 2 heteroatoms. The Morgan fingerprint density at radius 2 is 1.76 bits per heavy atom. The summed E-state index contributed by atoms with van der Waals surface area (Å²) in [6, 6.07) is 6.89. The first-order valence-electron chi connectivity index (χ1n) is 6.39. The van der Waals surface area contributed by atoms with Crippen LogP contribution in [0.3, 0.4) is 0 Å². The van der Waals surface area contributed by atoms with E-state index in [9.17, 15) is 9.18 Å². The molecule has 1 atom stereocenters. The van der Waals surface area contributed by atoms with E-state index in [1.54, 1.807) is 31.2 Å². The van der Waals surface area contributed by atoms with Gasteiger partial charge in [0.1, 0.15) is 12.0 Å². The van der Waals surface area contributed by atoms with E-state index in [2.05, 4.69) is 0 Å². The summed E-state index contributed by atoms with van der Waals surface area (Å²) < 4.78 is 14.9. The molecule has 0 aliphatic heterocycles. The third kappa shape index (κ3) is 2.56. The molecule has 1 nitrogen and oxygen atoms in total. The molecule has 1 aromatic rings. The lowest BCUT2D eigenvalue weighted by molar-refractivity contribution is 0.0725. The second-order valence-corrected chi connectivity index (χ2v) is 5.15. The Kier molecular flexibility index (Phi) is 3.60. The highest BCUT2D eigenvalue weighted by Gasteiger charge is 2.36. The number of rotatable bonds is 3. The van der Waals surface area contributed by atoms with Gasteiger partial charge in [0.15, 0.2) is 0 Å². The normalized spacial score (nSPS) is 20.8. The number of hydrogen-bond acceptors (Lipinski definition) is 1. The molecule has 92 valence electrons. The lowest BCUT2D eigenvalue weighted by Gasteiger charge is -2.33. The summed E-state index contributed by atoms with van der Waals surface area (Å²) in [4.78, 5) is 10.6. The Morgan fingerprint density at radius 3 is 2.29 bits per heavy atom. The maximum atomic E-state index is 14.9. The maximum Gasteiger partial charge on any atom is 0.150 e. The second kappa shape index (κ2) is 4.99. The highest BCUT2D eigenvalue weighted by molar-refractivity contribution is 5.74. The van der Waals surface area contributed by atoms with Gasteiger partial charge < -0.3 is 0 Å². The van der Waals surface area contributed by atoms with E-state index in [1.165, 1.54) is 6.42 Å². The molecule has 0 aromatic heterocycles. The molecule has 0 bridgehead atoms. The fourth-order valence-electron chi connectivity index (χ4n) is 2.77. The zero-order chi connectivity index (χ0) is 12.3. The first-order chi connectivity index (χ1) is 8.14. The molecule has 1 aliphatic carbocycles. The standard InChI is InChI=1S/C15H19FO/c1-15(16,13-5-3-2-4-6-13)14-9-7-12(11-17)8-10-14/h7-11,13H,2-6H2,1H3. The first-order valence-corrected chi connectivity index (χ1v) is 6.39. The molecule has 17 heavy (non-hydrogen) atoms. The van der Waals surface area contributed by atoms with Crippen LogP contribution >= 0.6 is 0 Å². The zero-order valence-corrected chi connectivity index (χ0v) is 10.3. The predicted molar refractivity (Wildman–Crippen MR) is 66.9 cm³/mol. The molecule has 0 heterocycles. The van der Waals surface area contributed by atoms with Crippen LogP contribution < -0.4 is 0 Å². The van der Waals surface area contributed by atoms with Gasteiger partial charge in [0.05, 0.1) is 0 Å². The molecule has 0 radical (unpaired) electrons. The Balaban J connectivity index is 2.19. The molecule has 1 aromatic carbocycles. The topological polar surface area (TPSA) is 17.1 Å². The van der Waals surface area contributed by atoms with Crippen LogP contribution in [0.2, 0.25) is 0 Å². The number of alkyl halides is 1. The average Bonchev–Trinajstić information content (AvgIpc) is 2.40. The van der Waals surface area contributed by atoms with Crippen molar-refractivity contribution < 1.29 is 9.18 Å². The summed E-state index contributed by atoms with van der Waals surface area (Å²) in [5.41, 5.74) is 0.0464. The molecule has 0 spiro atoms. The van der Waals surface area contributed by atoms with E-state index < -0.39 is 5.67 Å². The van der Waals surface area contributed by atoms with Gasteiger partial charge in [0.25, 0.3) is 0 Å². The van der Waals surface area contributed by atoms with Crippen molar-refractivity contribution in [3.05, 3.63) is 35.4 Å². The number of benzene rings is 1. The number of carbonyl (C=O) groups excluding carboxylic acids is 1. The quantitative estimate of drug-likeness (QED) is 0.714. The lowest BCUT2D eigenvalue weighted by Crippen LogP contribution is -2.29. The van der Waals surface area contributed by atoms with Gasteiger partial charge in [-0.1, -0.05) is 43.5 Å². The Morgan fingerprint density at radius 1 is 1.18 bits per heavy atom.